The fourth-order valence-corrected chi connectivity index (χ4v) is 2.97. The van der Waals surface area contributed by atoms with Gasteiger partial charge in [-0.15, -0.1) is 0 Å². The van der Waals surface area contributed by atoms with Gasteiger partial charge in [0.05, 0.1) is 6.04 Å². The summed E-state index contributed by atoms with van der Waals surface area (Å²) in [7, 11) is 0. The Balaban J connectivity index is 1.65. The van der Waals surface area contributed by atoms with Crippen molar-refractivity contribution >= 4 is 17.5 Å². The third kappa shape index (κ3) is 4.94. The molecule has 2 aromatic carbocycles. The Bertz CT molecular complexity index is 749. The fourth-order valence-electron chi connectivity index (χ4n) is 2.97. The lowest BCUT2D eigenvalue weighted by atomic mass is 9.96. The number of benzene rings is 2. The molecule has 26 heavy (non-hydrogen) atoms. The Morgan fingerprint density at radius 2 is 1.65 bits per heavy atom. The van der Waals surface area contributed by atoms with Crippen LogP contribution in [0.1, 0.15) is 55.1 Å². The molecule has 4 nitrogen and oxygen atoms in total. The molecule has 1 aliphatic carbocycles. The van der Waals surface area contributed by atoms with E-state index in [9.17, 15) is 9.59 Å². The molecule has 2 N–H and O–H groups in total. The Kier molecular flexibility index (Phi) is 5.71. The van der Waals surface area contributed by atoms with E-state index in [0.717, 1.165) is 30.5 Å². The normalized spacial score (nSPS) is 14.7. The molecule has 1 saturated carbocycles. The molecule has 0 heterocycles. The van der Waals surface area contributed by atoms with E-state index < -0.39 is 0 Å². The lowest BCUT2D eigenvalue weighted by Gasteiger charge is -2.21. The first-order valence-corrected chi connectivity index (χ1v) is 9.29. The highest BCUT2D eigenvalue weighted by molar-refractivity contribution is 5.97. The highest BCUT2D eigenvalue weighted by atomic mass is 16.2. The van der Waals surface area contributed by atoms with Crippen molar-refractivity contribution < 1.29 is 9.59 Å². The zero-order chi connectivity index (χ0) is 18.5. The van der Waals surface area contributed by atoms with Crippen molar-refractivity contribution in [3.8, 4) is 0 Å². The van der Waals surface area contributed by atoms with Crippen LogP contribution in [0, 0.1) is 11.8 Å². The van der Waals surface area contributed by atoms with Crippen LogP contribution in [-0.2, 0) is 4.79 Å². The van der Waals surface area contributed by atoms with Gasteiger partial charge in [-0.25, -0.2) is 0 Å². The van der Waals surface area contributed by atoms with Crippen molar-refractivity contribution in [1.29, 1.82) is 0 Å². The zero-order valence-electron chi connectivity index (χ0n) is 15.4. The molecule has 1 aliphatic rings. The first-order valence-electron chi connectivity index (χ1n) is 9.29. The minimum Gasteiger partial charge on any atom is -0.345 e. The van der Waals surface area contributed by atoms with Gasteiger partial charge in [-0.3, -0.25) is 9.59 Å². The lowest BCUT2D eigenvalue weighted by molar-refractivity contribution is -0.117. The molecular weight excluding hydrogens is 324 g/mol. The monoisotopic (exact) mass is 350 g/mol. The topological polar surface area (TPSA) is 58.2 Å². The van der Waals surface area contributed by atoms with Crippen LogP contribution in [0.25, 0.3) is 0 Å². The van der Waals surface area contributed by atoms with E-state index in [0.29, 0.717) is 11.5 Å². The summed E-state index contributed by atoms with van der Waals surface area (Å²) in [5, 5.41) is 6.04. The summed E-state index contributed by atoms with van der Waals surface area (Å²) in [6.45, 7) is 4.30. The van der Waals surface area contributed by atoms with Crippen LogP contribution in [0.15, 0.2) is 54.6 Å². The van der Waals surface area contributed by atoms with Crippen molar-refractivity contribution in [2.45, 2.75) is 39.2 Å². The maximum absolute atomic E-state index is 12.7. The van der Waals surface area contributed by atoms with Gasteiger partial charge in [-0.1, -0.05) is 44.2 Å². The van der Waals surface area contributed by atoms with E-state index in [2.05, 4.69) is 24.5 Å². The van der Waals surface area contributed by atoms with Gasteiger partial charge in [0.25, 0.3) is 5.91 Å². The molecule has 2 amide bonds. The molecule has 136 valence electrons. The highest BCUT2D eigenvalue weighted by Gasteiger charge is 2.29. The van der Waals surface area contributed by atoms with Gasteiger partial charge in [0.15, 0.2) is 0 Å². The zero-order valence-corrected chi connectivity index (χ0v) is 15.4. The molecule has 4 heteroatoms. The first kappa shape index (κ1) is 18.2. The quantitative estimate of drug-likeness (QED) is 0.769. The number of carbonyl (C=O) groups is 2. The van der Waals surface area contributed by atoms with Gasteiger partial charge in [-0.2, -0.15) is 0 Å². The molecule has 0 aliphatic heterocycles. The number of hydrogen-bond donors (Lipinski definition) is 2. The predicted molar refractivity (Wildman–Crippen MR) is 104 cm³/mol. The minimum absolute atomic E-state index is 0.0158. The molecule has 0 saturated heterocycles. The summed E-state index contributed by atoms with van der Waals surface area (Å²) < 4.78 is 0. The third-order valence-electron chi connectivity index (χ3n) is 4.58. The van der Waals surface area contributed by atoms with Crippen LogP contribution in [0.5, 0.6) is 0 Å². The second kappa shape index (κ2) is 8.17. The molecule has 1 fully saturated rings. The van der Waals surface area contributed by atoms with Crippen molar-refractivity contribution in [2.75, 3.05) is 5.32 Å². The molecular formula is C22H26N2O2. The number of carbonyl (C=O) groups excluding carboxylic acids is 2. The molecule has 0 radical (unpaired) electrons. The standard InChI is InChI=1S/C22H26N2O2/c1-15(2)14-20(16-6-4-3-5-7-16)24-22(26)18-10-12-19(13-11-18)23-21(25)17-8-9-17/h3-7,10-13,15,17,20H,8-9,14H2,1-2H3,(H,23,25)(H,24,26)/t20-/m1/s1. The van der Waals surface area contributed by atoms with Gasteiger partial charge < -0.3 is 10.6 Å². The number of hydrogen-bond acceptors (Lipinski definition) is 2. The second-order valence-electron chi connectivity index (χ2n) is 7.41. The van der Waals surface area contributed by atoms with E-state index in [-0.39, 0.29) is 23.8 Å². The van der Waals surface area contributed by atoms with Crippen LogP contribution < -0.4 is 10.6 Å². The van der Waals surface area contributed by atoms with Crippen LogP contribution in [0.4, 0.5) is 5.69 Å². The largest absolute Gasteiger partial charge is 0.345 e. The molecule has 1 atom stereocenters. The van der Waals surface area contributed by atoms with Crippen molar-refractivity contribution in [1.82, 2.24) is 5.32 Å². The number of nitrogens with one attached hydrogen (secondary N) is 2. The summed E-state index contributed by atoms with van der Waals surface area (Å²) in [6.07, 6.45) is 2.83. The Morgan fingerprint density at radius 3 is 2.23 bits per heavy atom. The summed E-state index contributed by atoms with van der Waals surface area (Å²) in [5.74, 6) is 0.615. The summed E-state index contributed by atoms with van der Waals surface area (Å²) in [4.78, 5) is 24.5. The van der Waals surface area contributed by atoms with Crippen molar-refractivity contribution in [3.05, 3.63) is 65.7 Å². The molecule has 0 unspecified atom stereocenters. The second-order valence-corrected chi connectivity index (χ2v) is 7.41. The van der Waals surface area contributed by atoms with Crippen LogP contribution in [0.3, 0.4) is 0 Å². The van der Waals surface area contributed by atoms with Crippen LogP contribution in [-0.4, -0.2) is 11.8 Å². The molecule has 0 aromatic heterocycles. The molecule has 0 bridgehead atoms. The number of amides is 2. The van der Waals surface area contributed by atoms with Crippen molar-refractivity contribution in [2.24, 2.45) is 11.8 Å². The van der Waals surface area contributed by atoms with Gasteiger partial charge >= 0.3 is 0 Å². The third-order valence-corrected chi connectivity index (χ3v) is 4.58. The van der Waals surface area contributed by atoms with Gasteiger partial charge in [0.1, 0.15) is 0 Å². The molecule has 2 aromatic rings. The van der Waals surface area contributed by atoms with Crippen LogP contribution in [0.2, 0.25) is 0 Å². The smallest absolute Gasteiger partial charge is 0.251 e. The van der Waals surface area contributed by atoms with E-state index in [1.54, 1.807) is 24.3 Å². The first-order chi connectivity index (χ1) is 12.5. The minimum atomic E-state index is -0.0976. The van der Waals surface area contributed by atoms with E-state index in [1.807, 2.05) is 30.3 Å². The molecule has 0 spiro atoms. The Hall–Kier alpha value is -2.62. The highest BCUT2D eigenvalue weighted by Crippen LogP contribution is 2.30. The van der Waals surface area contributed by atoms with Gasteiger partial charge in [0.2, 0.25) is 5.91 Å². The number of anilines is 1. The summed E-state index contributed by atoms with van der Waals surface area (Å²) >= 11 is 0. The lowest BCUT2D eigenvalue weighted by Crippen LogP contribution is -2.29. The van der Waals surface area contributed by atoms with Crippen LogP contribution >= 0.6 is 0 Å². The van der Waals surface area contributed by atoms with Crippen molar-refractivity contribution in [3.63, 3.8) is 0 Å². The average molecular weight is 350 g/mol. The fraction of sp³-hybridized carbons (Fsp3) is 0.364. The predicted octanol–water partition coefficient (Wildman–Crippen LogP) is 4.55. The summed E-state index contributed by atoms with van der Waals surface area (Å²) in [6, 6.07) is 17.1. The van der Waals surface area contributed by atoms with E-state index in [1.165, 1.54) is 0 Å². The Labute approximate surface area is 155 Å². The maximum atomic E-state index is 12.7. The van der Waals surface area contributed by atoms with E-state index >= 15 is 0 Å². The van der Waals surface area contributed by atoms with E-state index in [4.69, 9.17) is 0 Å². The SMILES string of the molecule is CC(C)C[C@@H](NC(=O)c1ccc(NC(=O)C2CC2)cc1)c1ccccc1. The molecule has 3 rings (SSSR count). The van der Waals surface area contributed by atoms with Gasteiger partial charge in [-0.05, 0) is 55.0 Å². The maximum Gasteiger partial charge on any atom is 0.251 e. The number of rotatable bonds is 7. The Morgan fingerprint density at radius 1 is 1.00 bits per heavy atom. The van der Waals surface area contributed by atoms with Gasteiger partial charge in [0, 0.05) is 17.2 Å². The summed E-state index contributed by atoms with van der Waals surface area (Å²) in [5.41, 5.74) is 2.45. The average Bonchev–Trinajstić information content (AvgIpc) is 3.47.